The van der Waals surface area contributed by atoms with Crippen molar-refractivity contribution < 1.29 is 23.4 Å². The average Bonchev–Trinajstić information content (AvgIpc) is 3.03. The first kappa shape index (κ1) is 20.3. The summed E-state index contributed by atoms with van der Waals surface area (Å²) in [4.78, 5) is 13.0. The molecule has 2 heterocycles. The Morgan fingerprint density at radius 3 is 2.89 bits per heavy atom. The third-order valence-electron chi connectivity index (χ3n) is 4.84. The molecule has 1 amide bonds. The Kier molecular flexibility index (Phi) is 6.31. The van der Waals surface area contributed by atoms with Crippen molar-refractivity contribution in [3.63, 3.8) is 0 Å². The minimum atomic E-state index is -0.426. The van der Waals surface area contributed by atoms with E-state index in [1.54, 1.807) is 23.9 Å². The van der Waals surface area contributed by atoms with Crippen molar-refractivity contribution in [1.82, 2.24) is 15.1 Å². The van der Waals surface area contributed by atoms with Crippen LogP contribution >= 0.6 is 0 Å². The van der Waals surface area contributed by atoms with Gasteiger partial charge in [0.15, 0.2) is 0 Å². The second kappa shape index (κ2) is 8.70. The van der Waals surface area contributed by atoms with Crippen LogP contribution in [0.15, 0.2) is 18.2 Å². The Hall–Kier alpha value is -2.45. The van der Waals surface area contributed by atoms with Gasteiger partial charge >= 0.3 is 0 Å². The highest BCUT2D eigenvalue weighted by Gasteiger charge is 2.32. The second-order valence-electron chi connectivity index (χ2n) is 6.82. The number of hydrogen-bond donors (Lipinski definition) is 1. The molecule has 0 unspecified atom stereocenters. The van der Waals surface area contributed by atoms with Crippen molar-refractivity contribution >= 4 is 5.91 Å². The van der Waals surface area contributed by atoms with Crippen molar-refractivity contribution in [3.8, 4) is 5.75 Å². The van der Waals surface area contributed by atoms with E-state index >= 15 is 0 Å². The molecule has 1 N–H and O–H groups in total. The van der Waals surface area contributed by atoms with E-state index < -0.39 is 5.82 Å². The molecule has 0 spiro atoms. The van der Waals surface area contributed by atoms with E-state index in [9.17, 15) is 9.18 Å². The molecule has 1 aromatic carbocycles. The lowest BCUT2D eigenvalue weighted by molar-refractivity contribution is -0.00716. The number of aromatic nitrogens is 2. The normalized spacial score (nSPS) is 18.6. The zero-order chi connectivity index (χ0) is 20.3. The van der Waals surface area contributed by atoms with E-state index in [1.165, 1.54) is 13.2 Å². The predicted molar refractivity (Wildman–Crippen MR) is 101 cm³/mol. The zero-order valence-electron chi connectivity index (χ0n) is 16.6. The van der Waals surface area contributed by atoms with Crippen LogP contribution in [0.4, 0.5) is 4.39 Å². The summed E-state index contributed by atoms with van der Waals surface area (Å²) in [6.45, 7) is 4.77. The number of hydrogen-bond acceptors (Lipinski definition) is 5. The lowest BCUT2D eigenvalue weighted by Crippen LogP contribution is -2.29. The minimum Gasteiger partial charge on any atom is -0.496 e. The number of rotatable bonds is 7. The quantitative estimate of drug-likeness (QED) is 0.785. The Morgan fingerprint density at radius 2 is 2.18 bits per heavy atom. The molecule has 0 bridgehead atoms. The maximum absolute atomic E-state index is 14.2. The van der Waals surface area contributed by atoms with Crippen LogP contribution in [0, 0.1) is 5.82 Å². The van der Waals surface area contributed by atoms with Gasteiger partial charge in [0.1, 0.15) is 17.3 Å². The second-order valence-corrected chi connectivity index (χ2v) is 6.82. The van der Waals surface area contributed by atoms with Crippen LogP contribution < -0.4 is 10.1 Å². The first-order chi connectivity index (χ1) is 13.5. The van der Waals surface area contributed by atoms with E-state index in [2.05, 4.69) is 10.4 Å². The molecule has 0 saturated heterocycles. The number of methoxy groups -OCH3 is 2. The SMILES string of the molecule is COCCn1nc2c(c1C(=O)NCc1c(F)cccc1OC)C[C@H](C)O[C@@H]2C. The highest BCUT2D eigenvalue weighted by atomic mass is 19.1. The largest absolute Gasteiger partial charge is 0.496 e. The summed E-state index contributed by atoms with van der Waals surface area (Å²) in [5.41, 5.74) is 2.42. The van der Waals surface area contributed by atoms with Crippen LogP contribution in [-0.4, -0.2) is 42.6 Å². The summed E-state index contributed by atoms with van der Waals surface area (Å²) in [6, 6.07) is 4.57. The molecule has 3 rings (SSSR count). The lowest BCUT2D eigenvalue weighted by Gasteiger charge is -2.24. The topological polar surface area (TPSA) is 74.6 Å². The number of carbonyl (C=O) groups is 1. The maximum Gasteiger partial charge on any atom is 0.270 e. The third kappa shape index (κ3) is 4.02. The van der Waals surface area contributed by atoms with Crippen LogP contribution in [0.25, 0.3) is 0 Å². The third-order valence-corrected chi connectivity index (χ3v) is 4.84. The van der Waals surface area contributed by atoms with Gasteiger partial charge in [-0.2, -0.15) is 5.10 Å². The highest BCUT2D eigenvalue weighted by molar-refractivity contribution is 5.94. The number of halogens is 1. The molecule has 8 heteroatoms. The molecule has 0 aliphatic carbocycles. The van der Waals surface area contributed by atoms with Crippen LogP contribution in [0.2, 0.25) is 0 Å². The smallest absolute Gasteiger partial charge is 0.270 e. The molecule has 1 aliphatic rings. The lowest BCUT2D eigenvalue weighted by atomic mass is 9.99. The molecule has 0 radical (unpaired) electrons. The van der Waals surface area contributed by atoms with Gasteiger partial charge in [0.25, 0.3) is 5.91 Å². The first-order valence-electron chi connectivity index (χ1n) is 9.29. The zero-order valence-corrected chi connectivity index (χ0v) is 16.6. The Balaban J connectivity index is 1.88. The molecular weight excluding hydrogens is 365 g/mol. The maximum atomic E-state index is 14.2. The van der Waals surface area contributed by atoms with E-state index in [1.807, 2.05) is 13.8 Å². The Bertz CT molecular complexity index is 852. The number of ether oxygens (including phenoxy) is 3. The van der Waals surface area contributed by atoms with Gasteiger partial charge in [0.05, 0.1) is 38.2 Å². The molecule has 152 valence electrons. The van der Waals surface area contributed by atoms with Gasteiger partial charge in [0.2, 0.25) is 0 Å². The van der Waals surface area contributed by atoms with Crippen LogP contribution in [-0.2, 0) is 29.0 Å². The van der Waals surface area contributed by atoms with Gasteiger partial charge in [-0.3, -0.25) is 9.48 Å². The van der Waals surface area contributed by atoms with Crippen molar-refractivity contribution in [2.75, 3.05) is 20.8 Å². The molecule has 2 aromatic rings. The monoisotopic (exact) mass is 391 g/mol. The molecular formula is C20H26FN3O4. The average molecular weight is 391 g/mol. The molecule has 7 nitrogen and oxygen atoms in total. The van der Waals surface area contributed by atoms with E-state index in [0.717, 1.165) is 11.3 Å². The predicted octanol–water partition coefficient (Wildman–Crippen LogP) is 2.63. The molecule has 1 aliphatic heterocycles. The number of fused-ring (bicyclic) bond motifs is 1. The standard InChI is InChI=1S/C20H26FN3O4/c1-12-10-14-18(13(2)28-12)23-24(8-9-26-3)19(14)20(25)22-11-15-16(21)6-5-7-17(15)27-4/h5-7,12-13H,8-11H2,1-4H3,(H,22,25)/t12-,13+/m0/s1. The summed E-state index contributed by atoms with van der Waals surface area (Å²) >= 11 is 0. The van der Waals surface area contributed by atoms with Crippen LogP contribution in [0.1, 0.15) is 47.3 Å². The molecule has 2 atom stereocenters. The van der Waals surface area contributed by atoms with Crippen molar-refractivity contribution in [2.45, 2.75) is 45.6 Å². The molecule has 28 heavy (non-hydrogen) atoms. The fraction of sp³-hybridized carbons (Fsp3) is 0.500. The number of benzene rings is 1. The fourth-order valence-electron chi connectivity index (χ4n) is 3.54. The van der Waals surface area contributed by atoms with Crippen molar-refractivity contribution in [3.05, 3.63) is 46.5 Å². The molecule has 1 aromatic heterocycles. The van der Waals surface area contributed by atoms with E-state index in [0.29, 0.717) is 36.6 Å². The van der Waals surface area contributed by atoms with Crippen molar-refractivity contribution in [1.29, 1.82) is 0 Å². The molecule has 0 fully saturated rings. The summed E-state index contributed by atoms with van der Waals surface area (Å²) in [5, 5.41) is 7.40. The van der Waals surface area contributed by atoms with E-state index in [-0.39, 0.29) is 24.7 Å². The number of nitrogens with one attached hydrogen (secondary N) is 1. The summed E-state index contributed by atoms with van der Waals surface area (Å²) < 4.78 is 32.0. The number of nitrogens with zero attached hydrogens (tertiary/aromatic N) is 2. The summed E-state index contributed by atoms with van der Waals surface area (Å²) in [6.07, 6.45) is 0.389. The van der Waals surface area contributed by atoms with Gasteiger partial charge in [-0.1, -0.05) is 6.07 Å². The Labute approximate surface area is 163 Å². The van der Waals surface area contributed by atoms with Gasteiger partial charge in [-0.05, 0) is 26.0 Å². The van der Waals surface area contributed by atoms with Gasteiger partial charge in [-0.15, -0.1) is 0 Å². The number of carbonyl (C=O) groups excluding carboxylic acids is 1. The Morgan fingerprint density at radius 1 is 1.39 bits per heavy atom. The first-order valence-corrected chi connectivity index (χ1v) is 9.29. The van der Waals surface area contributed by atoms with Crippen molar-refractivity contribution in [2.24, 2.45) is 0 Å². The number of amides is 1. The van der Waals surface area contributed by atoms with Gasteiger partial charge < -0.3 is 19.5 Å². The highest BCUT2D eigenvalue weighted by Crippen LogP contribution is 2.31. The van der Waals surface area contributed by atoms with Crippen LogP contribution in [0.5, 0.6) is 5.75 Å². The minimum absolute atomic E-state index is 0.0132. The molecule has 0 saturated carbocycles. The van der Waals surface area contributed by atoms with E-state index in [4.69, 9.17) is 14.2 Å². The van der Waals surface area contributed by atoms with Gasteiger partial charge in [-0.25, -0.2) is 4.39 Å². The summed E-state index contributed by atoms with van der Waals surface area (Å²) in [7, 11) is 3.07. The van der Waals surface area contributed by atoms with Crippen LogP contribution in [0.3, 0.4) is 0 Å². The fourth-order valence-corrected chi connectivity index (χ4v) is 3.54. The van der Waals surface area contributed by atoms with Gasteiger partial charge in [0, 0.05) is 31.2 Å². The summed E-state index contributed by atoms with van der Waals surface area (Å²) in [5.74, 6) is -0.340.